The lowest BCUT2D eigenvalue weighted by atomic mass is 9.98. The lowest BCUT2D eigenvalue weighted by Crippen LogP contribution is -2.26. The van der Waals surface area contributed by atoms with Crippen molar-refractivity contribution in [2.75, 3.05) is 20.3 Å². The first kappa shape index (κ1) is 14.4. The molecule has 3 heteroatoms. The lowest BCUT2D eigenvalue weighted by molar-refractivity contribution is 0.207. The van der Waals surface area contributed by atoms with E-state index in [9.17, 15) is 5.11 Å². The van der Waals surface area contributed by atoms with Crippen molar-refractivity contribution in [1.82, 2.24) is 5.32 Å². The standard InChI is InChI=1S/C16H25NO2/c1-11-7-12(2)14(15(19-4)13(11)3)8-17-9-16(10-18)5-6-16/h7,17-18H,5-6,8-10H2,1-4H3. The molecule has 3 nitrogen and oxygen atoms in total. The molecule has 1 aromatic rings. The highest BCUT2D eigenvalue weighted by molar-refractivity contribution is 5.49. The van der Waals surface area contributed by atoms with Gasteiger partial charge < -0.3 is 15.2 Å². The molecule has 1 aliphatic rings. The Balaban J connectivity index is 2.09. The fourth-order valence-corrected chi connectivity index (χ4v) is 2.62. The van der Waals surface area contributed by atoms with Gasteiger partial charge in [-0.2, -0.15) is 0 Å². The zero-order valence-electron chi connectivity index (χ0n) is 12.5. The summed E-state index contributed by atoms with van der Waals surface area (Å²) in [5.74, 6) is 0.999. The number of aliphatic hydroxyl groups excluding tert-OH is 1. The van der Waals surface area contributed by atoms with Gasteiger partial charge in [-0.1, -0.05) is 6.07 Å². The topological polar surface area (TPSA) is 41.5 Å². The van der Waals surface area contributed by atoms with Crippen molar-refractivity contribution in [3.05, 3.63) is 28.3 Å². The summed E-state index contributed by atoms with van der Waals surface area (Å²) in [4.78, 5) is 0. The molecule has 0 aliphatic heterocycles. The van der Waals surface area contributed by atoms with E-state index >= 15 is 0 Å². The number of aliphatic hydroxyl groups is 1. The second-order valence-electron chi connectivity index (χ2n) is 5.91. The highest BCUT2D eigenvalue weighted by atomic mass is 16.5. The van der Waals surface area contributed by atoms with Gasteiger partial charge in [0.2, 0.25) is 0 Å². The van der Waals surface area contributed by atoms with E-state index < -0.39 is 0 Å². The van der Waals surface area contributed by atoms with E-state index in [1.54, 1.807) is 7.11 Å². The van der Waals surface area contributed by atoms with Gasteiger partial charge in [0.15, 0.2) is 0 Å². The predicted molar refractivity (Wildman–Crippen MR) is 77.7 cm³/mol. The first-order valence-electron chi connectivity index (χ1n) is 6.98. The summed E-state index contributed by atoms with van der Waals surface area (Å²) in [7, 11) is 1.74. The minimum Gasteiger partial charge on any atom is -0.496 e. The lowest BCUT2D eigenvalue weighted by Gasteiger charge is -2.18. The third-order valence-electron chi connectivity index (χ3n) is 4.41. The number of aryl methyl sites for hydroxylation is 2. The van der Waals surface area contributed by atoms with Crippen LogP contribution in [-0.4, -0.2) is 25.4 Å². The van der Waals surface area contributed by atoms with Gasteiger partial charge >= 0.3 is 0 Å². The van der Waals surface area contributed by atoms with Gasteiger partial charge in [-0.3, -0.25) is 0 Å². The number of nitrogens with one attached hydrogen (secondary N) is 1. The Morgan fingerprint density at radius 2 is 1.95 bits per heavy atom. The maximum Gasteiger partial charge on any atom is 0.126 e. The summed E-state index contributed by atoms with van der Waals surface area (Å²) in [6.45, 7) is 8.34. The summed E-state index contributed by atoms with van der Waals surface area (Å²) in [5.41, 5.74) is 5.14. The van der Waals surface area contributed by atoms with E-state index in [-0.39, 0.29) is 5.41 Å². The van der Waals surface area contributed by atoms with Gasteiger partial charge in [0.1, 0.15) is 5.75 Å². The van der Waals surface area contributed by atoms with Gasteiger partial charge in [-0.25, -0.2) is 0 Å². The fourth-order valence-electron chi connectivity index (χ4n) is 2.62. The molecule has 106 valence electrons. The predicted octanol–water partition coefficient (Wildman–Crippen LogP) is 2.48. The Labute approximate surface area is 116 Å². The third-order valence-corrected chi connectivity index (χ3v) is 4.41. The van der Waals surface area contributed by atoms with Crippen molar-refractivity contribution in [3.63, 3.8) is 0 Å². The Hall–Kier alpha value is -1.06. The minimum atomic E-state index is 0.154. The summed E-state index contributed by atoms with van der Waals surface area (Å²) in [6.07, 6.45) is 2.28. The average molecular weight is 263 g/mol. The molecular formula is C16H25NO2. The molecule has 0 unspecified atom stereocenters. The van der Waals surface area contributed by atoms with Crippen molar-refractivity contribution >= 4 is 0 Å². The van der Waals surface area contributed by atoms with Crippen LogP contribution in [0.5, 0.6) is 5.75 Å². The van der Waals surface area contributed by atoms with Crippen LogP contribution in [0.3, 0.4) is 0 Å². The summed E-state index contributed by atoms with van der Waals surface area (Å²) in [6, 6.07) is 2.22. The van der Waals surface area contributed by atoms with Crippen LogP contribution in [0.1, 0.15) is 35.1 Å². The molecule has 0 bridgehead atoms. The normalized spacial score (nSPS) is 16.5. The smallest absolute Gasteiger partial charge is 0.126 e. The van der Waals surface area contributed by atoms with Crippen molar-refractivity contribution in [1.29, 1.82) is 0 Å². The Kier molecular flexibility index (Phi) is 4.16. The van der Waals surface area contributed by atoms with Crippen LogP contribution in [0.2, 0.25) is 0 Å². The Bertz CT molecular complexity index is 464. The molecule has 0 radical (unpaired) electrons. The molecule has 1 aliphatic carbocycles. The molecule has 0 atom stereocenters. The van der Waals surface area contributed by atoms with Gasteiger partial charge in [-0.05, 0) is 50.3 Å². The van der Waals surface area contributed by atoms with E-state index in [2.05, 4.69) is 32.2 Å². The average Bonchev–Trinajstić information content (AvgIpc) is 3.16. The SMILES string of the molecule is COc1c(C)c(C)cc(C)c1CNCC1(CO)CC1. The van der Waals surface area contributed by atoms with Crippen LogP contribution in [-0.2, 0) is 6.54 Å². The van der Waals surface area contributed by atoms with Crippen LogP contribution < -0.4 is 10.1 Å². The minimum absolute atomic E-state index is 0.154. The number of ether oxygens (including phenoxy) is 1. The first-order chi connectivity index (χ1) is 9.03. The zero-order valence-corrected chi connectivity index (χ0v) is 12.5. The molecule has 0 amide bonds. The van der Waals surface area contributed by atoms with E-state index in [1.807, 2.05) is 0 Å². The van der Waals surface area contributed by atoms with Crippen molar-refractivity contribution in [2.45, 2.75) is 40.2 Å². The van der Waals surface area contributed by atoms with Gasteiger partial charge in [0.25, 0.3) is 0 Å². The fraction of sp³-hybridized carbons (Fsp3) is 0.625. The van der Waals surface area contributed by atoms with Crippen LogP contribution >= 0.6 is 0 Å². The quantitative estimate of drug-likeness (QED) is 0.828. The number of methoxy groups -OCH3 is 1. The number of rotatable bonds is 6. The van der Waals surface area contributed by atoms with Crippen molar-refractivity contribution in [3.8, 4) is 5.75 Å². The van der Waals surface area contributed by atoms with Gasteiger partial charge in [0, 0.05) is 30.7 Å². The van der Waals surface area contributed by atoms with E-state index in [1.165, 1.54) is 22.3 Å². The molecule has 0 heterocycles. The van der Waals surface area contributed by atoms with Crippen LogP contribution in [0, 0.1) is 26.2 Å². The van der Waals surface area contributed by atoms with Crippen LogP contribution in [0.4, 0.5) is 0 Å². The number of hydrogen-bond donors (Lipinski definition) is 2. The third kappa shape index (κ3) is 2.93. The Morgan fingerprint density at radius 1 is 1.26 bits per heavy atom. The Morgan fingerprint density at radius 3 is 2.47 bits per heavy atom. The second kappa shape index (κ2) is 5.51. The largest absolute Gasteiger partial charge is 0.496 e. The van der Waals surface area contributed by atoms with Crippen LogP contribution in [0.15, 0.2) is 6.07 Å². The molecule has 0 aromatic heterocycles. The van der Waals surface area contributed by atoms with E-state index in [0.29, 0.717) is 6.61 Å². The van der Waals surface area contributed by atoms with Gasteiger partial charge in [-0.15, -0.1) is 0 Å². The summed E-state index contributed by atoms with van der Waals surface area (Å²) < 4.78 is 5.57. The molecule has 0 spiro atoms. The highest BCUT2D eigenvalue weighted by Crippen LogP contribution is 2.44. The monoisotopic (exact) mass is 263 g/mol. The van der Waals surface area contributed by atoms with Crippen molar-refractivity contribution < 1.29 is 9.84 Å². The first-order valence-corrected chi connectivity index (χ1v) is 6.98. The highest BCUT2D eigenvalue weighted by Gasteiger charge is 2.41. The molecule has 2 N–H and O–H groups in total. The number of benzene rings is 1. The summed E-state index contributed by atoms with van der Waals surface area (Å²) >= 11 is 0. The molecule has 1 aromatic carbocycles. The number of hydrogen-bond acceptors (Lipinski definition) is 3. The van der Waals surface area contributed by atoms with Gasteiger partial charge in [0.05, 0.1) is 7.11 Å². The van der Waals surface area contributed by atoms with Crippen molar-refractivity contribution in [2.24, 2.45) is 5.41 Å². The summed E-state index contributed by atoms with van der Waals surface area (Å²) in [5, 5.41) is 12.8. The zero-order chi connectivity index (χ0) is 14.0. The molecule has 2 rings (SSSR count). The molecule has 0 saturated heterocycles. The molecular weight excluding hydrogens is 238 g/mol. The molecule has 19 heavy (non-hydrogen) atoms. The molecule has 1 saturated carbocycles. The maximum absolute atomic E-state index is 9.32. The second-order valence-corrected chi connectivity index (χ2v) is 5.91. The van der Waals surface area contributed by atoms with E-state index in [0.717, 1.165) is 31.7 Å². The van der Waals surface area contributed by atoms with Crippen LogP contribution in [0.25, 0.3) is 0 Å². The molecule has 1 fully saturated rings. The maximum atomic E-state index is 9.32. The van der Waals surface area contributed by atoms with E-state index in [4.69, 9.17) is 4.74 Å².